The first-order chi connectivity index (χ1) is 6.54. The van der Waals surface area contributed by atoms with Crippen molar-refractivity contribution in [3.63, 3.8) is 0 Å². The molecule has 1 aromatic carbocycles. The molecule has 0 saturated carbocycles. The van der Waals surface area contributed by atoms with E-state index < -0.39 is 16.8 Å². The van der Waals surface area contributed by atoms with Gasteiger partial charge in [-0.05, 0) is 6.92 Å². The SMILES string of the molecule is C[C@@H](C(=O)O)c1ccccc1[N+](=O)[O-]. The van der Waals surface area contributed by atoms with Gasteiger partial charge in [-0.3, -0.25) is 14.9 Å². The van der Waals surface area contributed by atoms with Crippen molar-refractivity contribution in [2.45, 2.75) is 12.8 Å². The first-order valence-electron chi connectivity index (χ1n) is 4.00. The average molecular weight is 195 g/mol. The molecule has 0 heterocycles. The fourth-order valence-electron chi connectivity index (χ4n) is 1.15. The molecule has 0 spiro atoms. The highest BCUT2D eigenvalue weighted by Gasteiger charge is 2.22. The van der Waals surface area contributed by atoms with Crippen molar-refractivity contribution < 1.29 is 14.8 Å². The van der Waals surface area contributed by atoms with E-state index >= 15 is 0 Å². The summed E-state index contributed by atoms with van der Waals surface area (Å²) in [5.74, 6) is -1.93. The molecule has 0 radical (unpaired) electrons. The standard InChI is InChI=1S/C9H9NO4/c1-6(9(11)12)7-4-2-3-5-8(7)10(13)14/h2-6H,1H3,(H,11,12)/t6-/m1/s1. The van der Waals surface area contributed by atoms with E-state index in [9.17, 15) is 14.9 Å². The monoisotopic (exact) mass is 195 g/mol. The molecule has 1 rings (SSSR count). The van der Waals surface area contributed by atoms with E-state index in [1.54, 1.807) is 6.07 Å². The van der Waals surface area contributed by atoms with Crippen LogP contribution in [0, 0.1) is 10.1 Å². The zero-order valence-electron chi connectivity index (χ0n) is 7.51. The third-order valence-electron chi connectivity index (χ3n) is 1.97. The lowest BCUT2D eigenvalue weighted by Crippen LogP contribution is -2.09. The highest BCUT2D eigenvalue weighted by Crippen LogP contribution is 2.25. The molecule has 5 nitrogen and oxygen atoms in total. The predicted molar refractivity (Wildman–Crippen MR) is 49.1 cm³/mol. The largest absolute Gasteiger partial charge is 0.481 e. The van der Waals surface area contributed by atoms with Crippen LogP contribution in [0.4, 0.5) is 5.69 Å². The van der Waals surface area contributed by atoms with Crippen molar-refractivity contribution in [1.29, 1.82) is 0 Å². The summed E-state index contributed by atoms with van der Waals surface area (Å²) in [5.41, 5.74) is 0.0763. The molecule has 0 saturated heterocycles. The van der Waals surface area contributed by atoms with E-state index in [-0.39, 0.29) is 11.3 Å². The zero-order chi connectivity index (χ0) is 10.7. The van der Waals surface area contributed by atoms with Gasteiger partial charge in [0.1, 0.15) is 0 Å². The summed E-state index contributed by atoms with van der Waals surface area (Å²) >= 11 is 0. The fraction of sp³-hybridized carbons (Fsp3) is 0.222. The second kappa shape index (κ2) is 3.87. The second-order valence-corrected chi connectivity index (χ2v) is 2.88. The van der Waals surface area contributed by atoms with Crippen LogP contribution in [0.2, 0.25) is 0 Å². The quantitative estimate of drug-likeness (QED) is 0.588. The minimum Gasteiger partial charge on any atom is -0.481 e. The van der Waals surface area contributed by atoms with Gasteiger partial charge in [0.15, 0.2) is 0 Å². The number of aliphatic carboxylic acids is 1. The minimum atomic E-state index is -1.07. The van der Waals surface area contributed by atoms with Crippen LogP contribution in [0.5, 0.6) is 0 Å². The first kappa shape index (κ1) is 10.2. The van der Waals surface area contributed by atoms with Crippen LogP contribution in [0.15, 0.2) is 24.3 Å². The third-order valence-corrected chi connectivity index (χ3v) is 1.97. The minimum absolute atomic E-state index is 0.151. The molecule has 1 N–H and O–H groups in total. The van der Waals surface area contributed by atoms with Crippen LogP contribution in [-0.2, 0) is 4.79 Å². The molecule has 0 fully saturated rings. The van der Waals surface area contributed by atoms with Crippen LogP contribution in [0.25, 0.3) is 0 Å². The molecule has 5 heteroatoms. The molecule has 0 bridgehead atoms. The summed E-state index contributed by atoms with van der Waals surface area (Å²) in [7, 11) is 0. The third kappa shape index (κ3) is 1.87. The highest BCUT2D eigenvalue weighted by atomic mass is 16.6. The van der Waals surface area contributed by atoms with Crippen LogP contribution in [0.3, 0.4) is 0 Å². The number of para-hydroxylation sites is 1. The van der Waals surface area contributed by atoms with Gasteiger partial charge in [-0.1, -0.05) is 18.2 Å². The van der Waals surface area contributed by atoms with Crippen molar-refractivity contribution in [3.8, 4) is 0 Å². The fourth-order valence-corrected chi connectivity index (χ4v) is 1.15. The number of hydrogen-bond acceptors (Lipinski definition) is 3. The summed E-state index contributed by atoms with van der Waals surface area (Å²) in [6.07, 6.45) is 0. The number of nitrogens with zero attached hydrogens (tertiary/aromatic N) is 1. The number of nitro benzene ring substituents is 1. The van der Waals surface area contributed by atoms with Crippen molar-refractivity contribution in [2.75, 3.05) is 0 Å². The molecule has 0 aliphatic rings. The Hall–Kier alpha value is -1.91. The van der Waals surface area contributed by atoms with Gasteiger partial charge >= 0.3 is 5.97 Å². The lowest BCUT2D eigenvalue weighted by molar-refractivity contribution is -0.385. The van der Waals surface area contributed by atoms with Gasteiger partial charge in [-0.15, -0.1) is 0 Å². The van der Waals surface area contributed by atoms with Gasteiger partial charge in [0.2, 0.25) is 0 Å². The lowest BCUT2D eigenvalue weighted by Gasteiger charge is -2.06. The Labute approximate surface area is 80.1 Å². The maximum atomic E-state index is 10.7. The predicted octanol–water partition coefficient (Wildman–Crippen LogP) is 1.78. The second-order valence-electron chi connectivity index (χ2n) is 2.88. The van der Waals surface area contributed by atoms with E-state index in [0.29, 0.717) is 0 Å². The summed E-state index contributed by atoms with van der Waals surface area (Å²) < 4.78 is 0. The molecule has 14 heavy (non-hydrogen) atoms. The summed E-state index contributed by atoms with van der Waals surface area (Å²) in [6, 6.07) is 5.85. The Morgan fingerprint density at radius 3 is 2.57 bits per heavy atom. The van der Waals surface area contributed by atoms with E-state index in [0.717, 1.165) is 0 Å². The van der Waals surface area contributed by atoms with Crippen LogP contribution < -0.4 is 0 Å². The molecule has 1 aromatic rings. The number of carboxylic acid groups (broad SMARTS) is 1. The molecule has 74 valence electrons. The van der Waals surface area contributed by atoms with Crippen molar-refractivity contribution in [2.24, 2.45) is 0 Å². The normalized spacial score (nSPS) is 12.1. The molecule has 0 amide bonds. The number of nitro groups is 1. The van der Waals surface area contributed by atoms with Crippen molar-refractivity contribution >= 4 is 11.7 Å². The molecule has 1 atom stereocenters. The number of carboxylic acids is 1. The van der Waals surface area contributed by atoms with Gasteiger partial charge in [0, 0.05) is 11.6 Å². The molecular weight excluding hydrogens is 186 g/mol. The van der Waals surface area contributed by atoms with Crippen molar-refractivity contribution in [3.05, 3.63) is 39.9 Å². The van der Waals surface area contributed by atoms with Gasteiger partial charge in [0.05, 0.1) is 10.8 Å². The van der Waals surface area contributed by atoms with Crippen LogP contribution >= 0.6 is 0 Å². The summed E-state index contributed by atoms with van der Waals surface area (Å²) in [6.45, 7) is 1.42. The molecule has 0 aromatic heterocycles. The number of hydrogen-bond donors (Lipinski definition) is 1. The smallest absolute Gasteiger partial charge is 0.310 e. The average Bonchev–Trinajstić information content (AvgIpc) is 2.16. The Kier molecular flexibility index (Phi) is 2.81. The lowest BCUT2D eigenvalue weighted by atomic mass is 10.00. The summed E-state index contributed by atoms with van der Waals surface area (Å²) in [5, 5.41) is 19.3. The Morgan fingerprint density at radius 1 is 1.50 bits per heavy atom. The van der Waals surface area contributed by atoms with E-state index in [2.05, 4.69) is 0 Å². The molecule has 0 aliphatic carbocycles. The Balaban J connectivity index is 3.19. The Morgan fingerprint density at radius 2 is 2.07 bits per heavy atom. The first-order valence-corrected chi connectivity index (χ1v) is 4.00. The van der Waals surface area contributed by atoms with Gasteiger partial charge in [-0.2, -0.15) is 0 Å². The number of benzene rings is 1. The zero-order valence-corrected chi connectivity index (χ0v) is 7.51. The van der Waals surface area contributed by atoms with Crippen molar-refractivity contribution in [1.82, 2.24) is 0 Å². The molecule has 0 unspecified atom stereocenters. The maximum absolute atomic E-state index is 10.7. The number of rotatable bonds is 3. The number of carbonyl (C=O) groups is 1. The van der Waals surface area contributed by atoms with Gasteiger partial charge in [-0.25, -0.2) is 0 Å². The highest BCUT2D eigenvalue weighted by molar-refractivity contribution is 5.77. The van der Waals surface area contributed by atoms with E-state index in [4.69, 9.17) is 5.11 Å². The van der Waals surface area contributed by atoms with Gasteiger partial charge in [0.25, 0.3) is 5.69 Å². The van der Waals surface area contributed by atoms with E-state index in [1.807, 2.05) is 0 Å². The molecule has 0 aliphatic heterocycles. The summed E-state index contributed by atoms with van der Waals surface area (Å²) in [4.78, 5) is 20.6. The van der Waals surface area contributed by atoms with Crippen LogP contribution in [0.1, 0.15) is 18.4 Å². The molecular formula is C9H9NO4. The maximum Gasteiger partial charge on any atom is 0.310 e. The van der Waals surface area contributed by atoms with Gasteiger partial charge < -0.3 is 5.11 Å². The van der Waals surface area contributed by atoms with Crippen LogP contribution in [-0.4, -0.2) is 16.0 Å². The van der Waals surface area contributed by atoms with E-state index in [1.165, 1.54) is 25.1 Å². The topological polar surface area (TPSA) is 80.4 Å². The Bertz CT molecular complexity index is 375.